The lowest BCUT2D eigenvalue weighted by molar-refractivity contribution is -0.122. The number of primary amides is 1. The van der Waals surface area contributed by atoms with Crippen molar-refractivity contribution in [3.8, 4) is 0 Å². The van der Waals surface area contributed by atoms with Gasteiger partial charge in [0.25, 0.3) is 0 Å². The van der Waals surface area contributed by atoms with E-state index in [-0.39, 0.29) is 11.9 Å². The van der Waals surface area contributed by atoms with Gasteiger partial charge in [-0.25, -0.2) is 4.79 Å². The molecule has 4 rings (SSSR count). The van der Waals surface area contributed by atoms with Crippen molar-refractivity contribution in [1.82, 2.24) is 10.6 Å². The zero-order valence-electron chi connectivity index (χ0n) is 13.0. The van der Waals surface area contributed by atoms with Crippen molar-refractivity contribution in [2.45, 2.75) is 64.5 Å². The molecule has 5 heteroatoms. The van der Waals surface area contributed by atoms with E-state index in [0.29, 0.717) is 11.5 Å². The largest absolute Gasteiger partial charge is 0.351 e. The number of carbonyl (C=O) groups excluding carboxylic acids is 2. The number of carbonyl (C=O) groups is 2. The van der Waals surface area contributed by atoms with Gasteiger partial charge in [-0.15, -0.1) is 0 Å². The van der Waals surface area contributed by atoms with E-state index in [0.717, 1.165) is 17.8 Å². The summed E-state index contributed by atoms with van der Waals surface area (Å²) in [6.45, 7) is 4.01. The summed E-state index contributed by atoms with van der Waals surface area (Å²) in [5, 5.41) is 5.58. The minimum Gasteiger partial charge on any atom is -0.351 e. The number of nitrogens with one attached hydrogen (secondary N) is 2. The van der Waals surface area contributed by atoms with Crippen LogP contribution < -0.4 is 16.4 Å². The normalized spacial score (nSPS) is 39.8. The van der Waals surface area contributed by atoms with Crippen LogP contribution in [0.15, 0.2) is 0 Å². The van der Waals surface area contributed by atoms with E-state index in [1.807, 2.05) is 0 Å². The molecule has 0 aromatic carbocycles. The van der Waals surface area contributed by atoms with Gasteiger partial charge in [-0.2, -0.15) is 0 Å². The molecule has 21 heavy (non-hydrogen) atoms. The van der Waals surface area contributed by atoms with Crippen molar-refractivity contribution in [2.24, 2.45) is 28.9 Å². The molecule has 4 fully saturated rings. The van der Waals surface area contributed by atoms with Crippen molar-refractivity contribution in [2.75, 3.05) is 0 Å². The first-order chi connectivity index (χ1) is 9.88. The minimum absolute atomic E-state index is 0.305. The highest BCUT2D eigenvalue weighted by Gasteiger charge is 2.53. The maximum Gasteiger partial charge on any atom is 0.318 e. The molecule has 2 unspecified atom stereocenters. The quantitative estimate of drug-likeness (QED) is 0.738. The van der Waals surface area contributed by atoms with Crippen LogP contribution in [-0.4, -0.2) is 24.0 Å². The SMILES string of the molecule is CC(NC(C)C12CC3CC(CC(C3)C1)C2)C(=O)NC(N)=O. The number of urea groups is 1. The van der Waals surface area contributed by atoms with Crippen molar-refractivity contribution in [1.29, 1.82) is 0 Å². The molecule has 0 spiro atoms. The average molecular weight is 293 g/mol. The smallest absolute Gasteiger partial charge is 0.318 e. The zero-order chi connectivity index (χ0) is 15.2. The highest BCUT2D eigenvalue weighted by Crippen LogP contribution is 2.61. The fourth-order valence-electron chi connectivity index (χ4n) is 5.57. The van der Waals surface area contributed by atoms with Crippen LogP contribution in [0.4, 0.5) is 4.79 Å². The van der Waals surface area contributed by atoms with Gasteiger partial charge in [0, 0.05) is 6.04 Å². The van der Waals surface area contributed by atoms with Crippen LogP contribution in [0.1, 0.15) is 52.4 Å². The molecule has 4 aliphatic rings. The Bertz CT molecular complexity index is 414. The molecule has 0 aliphatic heterocycles. The monoisotopic (exact) mass is 293 g/mol. The van der Waals surface area contributed by atoms with Crippen LogP contribution >= 0.6 is 0 Å². The van der Waals surface area contributed by atoms with E-state index in [2.05, 4.69) is 17.6 Å². The summed E-state index contributed by atoms with van der Waals surface area (Å²) < 4.78 is 0. The molecule has 5 nitrogen and oxygen atoms in total. The summed E-state index contributed by atoms with van der Waals surface area (Å²) in [7, 11) is 0. The Morgan fingerprint density at radius 1 is 1.05 bits per heavy atom. The summed E-state index contributed by atoms with van der Waals surface area (Å²) in [6.07, 6.45) is 8.17. The maximum absolute atomic E-state index is 11.8. The van der Waals surface area contributed by atoms with Gasteiger partial charge in [0.05, 0.1) is 6.04 Å². The van der Waals surface area contributed by atoms with Gasteiger partial charge in [0.15, 0.2) is 0 Å². The van der Waals surface area contributed by atoms with Crippen molar-refractivity contribution < 1.29 is 9.59 Å². The highest BCUT2D eigenvalue weighted by atomic mass is 16.2. The van der Waals surface area contributed by atoms with Gasteiger partial charge in [-0.3, -0.25) is 10.1 Å². The molecule has 4 bridgehead atoms. The maximum atomic E-state index is 11.8. The molecule has 0 heterocycles. The fourth-order valence-corrected chi connectivity index (χ4v) is 5.57. The second-order valence-electron chi connectivity index (χ2n) is 7.74. The van der Waals surface area contributed by atoms with E-state index in [9.17, 15) is 9.59 Å². The van der Waals surface area contributed by atoms with Crippen LogP contribution in [0, 0.1) is 23.2 Å². The van der Waals surface area contributed by atoms with Crippen LogP contribution in [0.5, 0.6) is 0 Å². The number of nitrogens with two attached hydrogens (primary N) is 1. The first-order valence-electron chi connectivity index (χ1n) is 8.24. The first-order valence-corrected chi connectivity index (χ1v) is 8.24. The number of hydrogen-bond donors (Lipinski definition) is 3. The molecule has 0 aromatic heterocycles. The lowest BCUT2D eigenvalue weighted by Crippen LogP contribution is -2.58. The molecule has 4 aliphatic carbocycles. The van der Waals surface area contributed by atoms with E-state index in [1.165, 1.54) is 38.5 Å². The summed E-state index contributed by atoms with van der Waals surface area (Å²) >= 11 is 0. The van der Waals surface area contributed by atoms with E-state index < -0.39 is 6.03 Å². The molecule has 0 aromatic rings. The molecule has 2 atom stereocenters. The molecule has 4 saturated carbocycles. The van der Waals surface area contributed by atoms with Gasteiger partial charge in [-0.05, 0) is 75.5 Å². The Hall–Kier alpha value is -1.10. The Morgan fingerprint density at radius 3 is 1.95 bits per heavy atom. The minimum atomic E-state index is -0.781. The molecule has 0 radical (unpaired) electrons. The predicted molar refractivity (Wildman–Crippen MR) is 80.4 cm³/mol. The number of rotatable bonds is 4. The predicted octanol–water partition coefficient (Wildman–Crippen LogP) is 1.76. The third-order valence-electron chi connectivity index (χ3n) is 6.14. The average Bonchev–Trinajstić information content (AvgIpc) is 2.35. The van der Waals surface area contributed by atoms with E-state index in [4.69, 9.17) is 5.73 Å². The second-order valence-corrected chi connectivity index (χ2v) is 7.74. The van der Waals surface area contributed by atoms with Crippen LogP contribution in [0.25, 0.3) is 0 Å². The van der Waals surface area contributed by atoms with E-state index >= 15 is 0 Å². The Labute approximate surface area is 126 Å². The summed E-state index contributed by atoms with van der Waals surface area (Å²) in [4.78, 5) is 22.6. The van der Waals surface area contributed by atoms with Gasteiger partial charge < -0.3 is 11.1 Å². The molecular weight excluding hydrogens is 266 g/mol. The van der Waals surface area contributed by atoms with Gasteiger partial charge in [-0.1, -0.05) is 0 Å². The van der Waals surface area contributed by atoms with Crippen LogP contribution in [0.2, 0.25) is 0 Å². The van der Waals surface area contributed by atoms with E-state index in [1.54, 1.807) is 6.92 Å². The third kappa shape index (κ3) is 2.80. The van der Waals surface area contributed by atoms with Crippen LogP contribution in [0.3, 0.4) is 0 Å². The van der Waals surface area contributed by atoms with Crippen molar-refractivity contribution >= 4 is 11.9 Å². The lowest BCUT2D eigenvalue weighted by atomic mass is 9.48. The third-order valence-corrected chi connectivity index (χ3v) is 6.14. The molecule has 118 valence electrons. The molecule has 4 N–H and O–H groups in total. The highest BCUT2D eigenvalue weighted by molar-refractivity contribution is 5.96. The van der Waals surface area contributed by atoms with Crippen molar-refractivity contribution in [3.05, 3.63) is 0 Å². The summed E-state index contributed by atoms with van der Waals surface area (Å²) in [5.74, 6) is 2.36. The molecule has 0 saturated heterocycles. The fraction of sp³-hybridized carbons (Fsp3) is 0.875. The lowest BCUT2D eigenvalue weighted by Gasteiger charge is -2.59. The zero-order valence-corrected chi connectivity index (χ0v) is 13.0. The number of imide groups is 1. The van der Waals surface area contributed by atoms with Gasteiger partial charge in [0.1, 0.15) is 0 Å². The topological polar surface area (TPSA) is 84.2 Å². The Kier molecular flexibility index (Phi) is 3.72. The van der Waals surface area contributed by atoms with Crippen LogP contribution in [-0.2, 0) is 4.79 Å². The Morgan fingerprint density at radius 2 is 1.52 bits per heavy atom. The second kappa shape index (κ2) is 5.27. The molecule has 3 amide bonds. The summed E-state index contributed by atoms with van der Waals surface area (Å²) in [6, 6.07) is -0.865. The van der Waals surface area contributed by atoms with Crippen molar-refractivity contribution in [3.63, 3.8) is 0 Å². The number of hydrogen-bond acceptors (Lipinski definition) is 3. The first kappa shape index (κ1) is 14.8. The number of amides is 3. The standard InChI is InChI=1S/C16H27N3O2/c1-9(14(20)19-15(17)21)18-10(2)16-6-11-3-12(7-16)5-13(4-11)8-16/h9-13,18H,3-8H2,1-2H3,(H3,17,19,20,21). The van der Waals surface area contributed by atoms with Gasteiger partial charge in [0.2, 0.25) is 5.91 Å². The summed E-state index contributed by atoms with van der Waals surface area (Å²) in [5.41, 5.74) is 5.37. The molecular formula is C16H27N3O2. The van der Waals surface area contributed by atoms with Gasteiger partial charge >= 0.3 is 6.03 Å². The Balaban J connectivity index is 1.64.